The Hall–Kier alpha value is -1.81. The highest BCUT2D eigenvalue weighted by Crippen LogP contribution is 2.14. The molecule has 0 spiro atoms. The van der Waals surface area contributed by atoms with Crippen molar-refractivity contribution < 1.29 is 0 Å². The van der Waals surface area contributed by atoms with Crippen LogP contribution in [0.15, 0.2) is 51.9 Å². The Morgan fingerprint density at radius 3 is 2.65 bits per heavy atom. The van der Waals surface area contributed by atoms with Crippen molar-refractivity contribution in [2.75, 3.05) is 5.32 Å². The Balaban J connectivity index is 2.02. The number of hydrogen-bond donors (Lipinski definition) is 2. The third kappa shape index (κ3) is 4.10. The quantitative estimate of drug-likeness (QED) is 0.659. The van der Waals surface area contributed by atoms with Gasteiger partial charge < -0.3 is 11.1 Å². The maximum absolute atomic E-state index is 5.91. The van der Waals surface area contributed by atoms with Gasteiger partial charge in [0.15, 0.2) is 5.96 Å². The summed E-state index contributed by atoms with van der Waals surface area (Å²) in [6, 6.07) is 14.2. The Labute approximate surface area is 128 Å². The van der Waals surface area contributed by atoms with Crippen LogP contribution in [-0.4, -0.2) is 5.96 Å². The monoisotopic (exact) mass is 331 g/mol. The van der Waals surface area contributed by atoms with E-state index in [0.29, 0.717) is 12.5 Å². The first-order valence-electron chi connectivity index (χ1n) is 6.43. The van der Waals surface area contributed by atoms with Crippen molar-refractivity contribution in [2.45, 2.75) is 20.4 Å². The summed E-state index contributed by atoms with van der Waals surface area (Å²) in [5, 5.41) is 3.11. The lowest BCUT2D eigenvalue weighted by atomic mass is 10.1. The number of aryl methyl sites for hydroxylation is 2. The van der Waals surface area contributed by atoms with Crippen molar-refractivity contribution >= 4 is 27.6 Å². The van der Waals surface area contributed by atoms with Crippen LogP contribution in [0.1, 0.15) is 16.7 Å². The van der Waals surface area contributed by atoms with Gasteiger partial charge in [-0.05, 0) is 54.8 Å². The molecule has 0 heterocycles. The Morgan fingerprint density at radius 2 is 1.95 bits per heavy atom. The summed E-state index contributed by atoms with van der Waals surface area (Å²) >= 11 is 3.44. The van der Waals surface area contributed by atoms with Gasteiger partial charge in [0.25, 0.3) is 0 Å². The fourth-order valence-corrected chi connectivity index (χ4v) is 2.27. The topological polar surface area (TPSA) is 50.4 Å². The van der Waals surface area contributed by atoms with Crippen LogP contribution in [0.3, 0.4) is 0 Å². The van der Waals surface area contributed by atoms with Crippen LogP contribution in [-0.2, 0) is 6.54 Å². The second-order valence-corrected chi connectivity index (χ2v) is 5.67. The van der Waals surface area contributed by atoms with E-state index in [-0.39, 0.29) is 0 Å². The van der Waals surface area contributed by atoms with Gasteiger partial charge in [0.2, 0.25) is 0 Å². The normalized spacial score (nSPS) is 11.4. The molecule has 4 heteroatoms. The molecule has 0 radical (unpaired) electrons. The predicted octanol–water partition coefficient (Wildman–Crippen LogP) is 3.99. The molecule has 2 aromatic rings. The van der Waals surface area contributed by atoms with Gasteiger partial charge in [-0.15, -0.1) is 0 Å². The van der Waals surface area contributed by atoms with Crippen LogP contribution in [0.2, 0.25) is 0 Å². The molecule has 0 unspecified atom stereocenters. The van der Waals surface area contributed by atoms with Gasteiger partial charge in [-0.25, -0.2) is 4.99 Å². The van der Waals surface area contributed by atoms with Gasteiger partial charge in [-0.2, -0.15) is 0 Å². The highest BCUT2D eigenvalue weighted by atomic mass is 79.9. The fraction of sp³-hybridized carbons (Fsp3) is 0.188. The van der Waals surface area contributed by atoms with E-state index < -0.39 is 0 Å². The SMILES string of the molecule is Cc1ccc(NC(N)=NCc2cccc(Br)c2)cc1C. The van der Waals surface area contributed by atoms with Gasteiger partial charge in [-0.1, -0.05) is 34.1 Å². The van der Waals surface area contributed by atoms with E-state index in [1.165, 1.54) is 11.1 Å². The van der Waals surface area contributed by atoms with E-state index in [1.54, 1.807) is 0 Å². The van der Waals surface area contributed by atoms with Crippen LogP contribution in [0.4, 0.5) is 5.69 Å². The molecule has 3 nitrogen and oxygen atoms in total. The van der Waals surface area contributed by atoms with Crippen LogP contribution in [0, 0.1) is 13.8 Å². The average molecular weight is 332 g/mol. The zero-order valence-corrected chi connectivity index (χ0v) is 13.2. The van der Waals surface area contributed by atoms with Crippen molar-refractivity contribution in [3.8, 4) is 0 Å². The minimum absolute atomic E-state index is 0.424. The highest BCUT2D eigenvalue weighted by molar-refractivity contribution is 9.10. The first kappa shape index (κ1) is 14.6. The molecule has 0 aliphatic carbocycles. The maximum atomic E-state index is 5.91. The third-order valence-electron chi connectivity index (χ3n) is 3.10. The third-order valence-corrected chi connectivity index (χ3v) is 3.59. The molecule has 3 N–H and O–H groups in total. The van der Waals surface area contributed by atoms with Crippen LogP contribution < -0.4 is 11.1 Å². The van der Waals surface area contributed by atoms with Crippen LogP contribution in [0.5, 0.6) is 0 Å². The minimum Gasteiger partial charge on any atom is -0.370 e. The Bertz CT molecular complexity index is 635. The number of halogens is 1. The van der Waals surface area contributed by atoms with E-state index in [9.17, 15) is 0 Å². The van der Waals surface area contributed by atoms with E-state index in [1.807, 2.05) is 30.3 Å². The average Bonchev–Trinajstić information content (AvgIpc) is 2.41. The predicted molar refractivity (Wildman–Crippen MR) is 89.0 cm³/mol. The molecule has 0 bridgehead atoms. The van der Waals surface area contributed by atoms with E-state index >= 15 is 0 Å². The zero-order valence-electron chi connectivity index (χ0n) is 11.7. The molecule has 0 atom stereocenters. The second kappa shape index (κ2) is 6.57. The smallest absolute Gasteiger partial charge is 0.193 e. The van der Waals surface area contributed by atoms with Crippen molar-refractivity contribution in [1.29, 1.82) is 0 Å². The lowest BCUT2D eigenvalue weighted by Gasteiger charge is -2.08. The Morgan fingerprint density at radius 1 is 1.15 bits per heavy atom. The standard InChI is InChI=1S/C16H18BrN3/c1-11-6-7-15(8-12(11)2)20-16(18)19-10-13-4-3-5-14(17)9-13/h3-9H,10H2,1-2H3,(H3,18,19,20). The number of nitrogens with one attached hydrogen (secondary N) is 1. The molecule has 20 heavy (non-hydrogen) atoms. The molecular weight excluding hydrogens is 314 g/mol. The largest absolute Gasteiger partial charge is 0.370 e. The van der Waals surface area contributed by atoms with E-state index in [0.717, 1.165) is 15.7 Å². The number of nitrogens with zero attached hydrogens (tertiary/aromatic N) is 1. The van der Waals surface area contributed by atoms with Gasteiger partial charge in [0.1, 0.15) is 0 Å². The molecule has 2 aromatic carbocycles. The summed E-state index contributed by atoms with van der Waals surface area (Å²) in [6.45, 7) is 4.72. The number of guanidine groups is 1. The molecule has 2 rings (SSSR count). The number of aliphatic imine (C=N–C) groups is 1. The number of hydrogen-bond acceptors (Lipinski definition) is 1. The molecule has 104 valence electrons. The molecule has 0 saturated carbocycles. The van der Waals surface area contributed by atoms with Crippen LogP contribution >= 0.6 is 15.9 Å². The molecule has 0 aliphatic rings. The van der Waals surface area contributed by atoms with Gasteiger partial charge >= 0.3 is 0 Å². The number of nitrogens with two attached hydrogens (primary N) is 1. The molecular formula is C16H18BrN3. The summed E-state index contributed by atoms with van der Waals surface area (Å²) in [6.07, 6.45) is 0. The number of rotatable bonds is 3. The highest BCUT2D eigenvalue weighted by Gasteiger charge is 1.98. The minimum atomic E-state index is 0.424. The summed E-state index contributed by atoms with van der Waals surface area (Å²) in [4.78, 5) is 4.35. The van der Waals surface area contributed by atoms with Crippen molar-refractivity contribution in [2.24, 2.45) is 10.7 Å². The lowest BCUT2D eigenvalue weighted by molar-refractivity contribution is 1.06. The van der Waals surface area contributed by atoms with Gasteiger partial charge in [-0.3, -0.25) is 0 Å². The number of benzene rings is 2. The van der Waals surface area contributed by atoms with Crippen molar-refractivity contribution in [1.82, 2.24) is 0 Å². The fourth-order valence-electron chi connectivity index (χ4n) is 1.82. The summed E-state index contributed by atoms with van der Waals surface area (Å²) in [7, 11) is 0. The van der Waals surface area contributed by atoms with Crippen molar-refractivity contribution in [3.05, 3.63) is 63.6 Å². The maximum Gasteiger partial charge on any atom is 0.193 e. The Kier molecular flexibility index (Phi) is 4.79. The molecule has 0 aromatic heterocycles. The molecule has 0 amide bonds. The summed E-state index contributed by atoms with van der Waals surface area (Å²) < 4.78 is 1.05. The first-order valence-corrected chi connectivity index (χ1v) is 7.22. The van der Waals surface area contributed by atoms with Crippen LogP contribution in [0.25, 0.3) is 0 Å². The van der Waals surface area contributed by atoms with E-state index in [2.05, 4.69) is 52.2 Å². The second-order valence-electron chi connectivity index (χ2n) is 4.76. The molecule has 0 fully saturated rings. The van der Waals surface area contributed by atoms with E-state index in [4.69, 9.17) is 5.73 Å². The van der Waals surface area contributed by atoms with Gasteiger partial charge in [0.05, 0.1) is 6.54 Å². The molecule has 0 saturated heterocycles. The van der Waals surface area contributed by atoms with Gasteiger partial charge in [0, 0.05) is 10.2 Å². The number of anilines is 1. The lowest BCUT2D eigenvalue weighted by Crippen LogP contribution is -2.22. The summed E-state index contributed by atoms with van der Waals surface area (Å²) in [5.74, 6) is 0.424. The first-order chi connectivity index (χ1) is 9.54. The van der Waals surface area contributed by atoms with Crippen molar-refractivity contribution in [3.63, 3.8) is 0 Å². The summed E-state index contributed by atoms with van der Waals surface area (Å²) in [5.41, 5.74) is 10.5. The zero-order chi connectivity index (χ0) is 14.5. The molecule has 0 aliphatic heterocycles.